The van der Waals surface area contributed by atoms with Crippen molar-refractivity contribution in [3.8, 4) is 6.07 Å². The fourth-order valence-electron chi connectivity index (χ4n) is 1.38. The van der Waals surface area contributed by atoms with Crippen molar-refractivity contribution in [2.45, 2.75) is 20.4 Å². The van der Waals surface area contributed by atoms with Gasteiger partial charge in [-0.25, -0.2) is 0 Å². The molecule has 1 aromatic carbocycles. The maximum atomic E-state index is 8.67. The Morgan fingerprint density at radius 2 is 1.83 bits per heavy atom. The predicted octanol–water partition coefficient (Wildman–Crippen LogP) is 1.63. The summed E-state index contributed by atoms with van der Waals surface area (Å²) in [5.74, 6) is 0. The van der Waals surface area contributed by atoms with Gasteiger partial charge in [0, 0.05) is 6.54 Å². The number of hydrogen-bond acceptors (Lipinski definition) is 2. The Balaban J connectivity index is 3.30. The van der Waals surface area contributed by atoms with Crippen LogP contribution in [0.1, 0.15) is 22.3 Å². The Bertz CT molecular complexity index is 311. The molecule has 0 aliphatic rings. The van der Waals surface area contributed by atoms with Gasteiger partial charge in [0.15, 0.2) is 0 Å². The normalized spacial score (nSPS) is 9.50. The minimum absolute atomic E-state index is 0.545. The minimum Gasteiger partial charge on any atom is -0.326 e. The van der Waals surface area contributed by atoms with Crippen molar-refractivity contribution in [1.82, 2.24) is 0 Å². The van der Waals surface area contributed by atoms with Crippen molar-refractivity contribution < 1.29 is 0 Å². The van der Waals surface area contributed by atoms with Gasteiger partial charge in [-0.05, 0) is 42.7 Å². The van der Waals surface area contributed by atoms with Crippen LogP contribution < -0.4 is 5.73 Å². The second-order valence-electron chi connectivity index (χ2n) is 2.90. The van der Waals surface area contributed by atoms with Crippen molar-refractivity contribution in [1.29, 1.82) is 5.26 Å². The van der Waals surface area contributed by atoms with Gasteiger partial charge in [0.1, 0.15) is 0 Å². The highest BCUT2D eigenvalue weighted by molar-refractivity contribution is 5.42. The first-order valence-electron chi connectivity index (χ1n) is 3.89. The second kappa shape index (κ2) is 3.38. The zero-order valence-corrected chi connectivity index (χ0v) is 7.39. The van der Waals surface area contributed by atoms with Crippen LogP contribution in [-0.4, -0.2) is 0 Å². The first kappa shape index (κ1) is 8.76. The predicted molar refractivity (Wildman–Crippen MR) is 48.5 cm³/mol. The molecule has 12 heavy (non-hydrogen) atoms. The molecule has 0 amide bonds. The Morgan fingerprint density at radius 3 is 2.17 bits per heavy atom. The molecule has 0 fully saturated rings. The third-order valence-electron chi connectivity index (χ3n) is 2.03. The molecule has 0 radical (unpaired) electrons. The molecule has 0 aromatic heterocycles. The average molecular weight is 160 g/mol. The summed E-state index contributed by atoms with van der Waals surface area (Å²) in [6.07, 6.45) is 0. The zero-order chi connectivity index (χ0) is 9.14. The third kappa shape index (κ3) is 1.46. The lowest BCUT2D eigenvalue weighted by atomic mass is 10.00. The summed E-state index contributed by atoms with van der Waals surface area (Å²) in [6, 6.07) is 5.86. The SMILES string of the molecule is Cc1cc(C#N)cc(C)c1CN. The molecule has 0 saturated carbocycles. The van der Waals surface area contributed by atoms with Crippen LogP contribution in [0.25, 0.3) is 0 Å². The zero-order valence-electron chi connectivity index (χ0n) is 7.39. The van der Waals surface area contributed by atoms with Gasteiger partial charge in [0.2, 0.25) is 0 Å². The van der Waals surface area contributed by atoms with Crippen LogP contribution in [0.2, 0.25) is 0 Å². The summed E-state index contributed by atoms with van der Waals surface area (Å²) in [6.45, 7) is 4.51. The van der Waals surface area contributed by atoms with Crippen LogP contribution in [0.15, 0.2) is 12.1 Å². The molecule has 0 unspecified atom stereocenters. The van der Waals surface area contributed by atoms with Gasteiger partial charge in [-0.2, -0.15) is 5.26 Å². The lowest BCUT2D eigenvalue weighted by molar-refractivity contribution is 1.03. The van der Waals surface area contributed by atoms with Crippen LogP contribution in [-0.2, 0) is 6.54 Å². The van der Waals surface area contributed by atoms with Crippen molar-refractivity contribution in [2.24, 2.45) is 5.73 Å². The summed E-state index contributed by atoms with van der Waals surface area (Å²) in [5.41, 5.74) is 9.63. The van der Waals surface area contributed by atoms with E-state index in [2.05, 4.69) is 6.07 Å². The average Bonchev–Trinajstić information content (AvgIpc) is 2.03. The third-order valence-corrected chi connectivity index (χ3v) is 2.03. The molecule has 2 heteroatoms. The number of hydrogen-bond donors (Lipinski definition) is 1. The molecular weight excluding hydrogens is 148 g/mol. The smallest absolute Gasteiger partial charge is 0.0991 e. The Morgan fingerprint density at radius 1 is 1.33 bits per heavy atom. The summed E-state index contributed by atoms with van der Waals surface area (Å²) < 4.78 is 0. The monoisotopic (exact) mass is 160 g/mol. The molecular formula is C10H12N2. The molecule has 0 heterocycles. The highest BCUT2D eigenvalue weighted by Crippen LogP contribution is 2.15. The maximum Gasteiger partial charge on any atom is 0.0991 e. The van der Waals surface area contributed by atoms with Gasteiger partial charge in [-0.15, -0.1) is 0 Å². The molecule has 0 aliphatic heterocycles. The number of nitriles is 1. The molecule has 62 valence electrons. The Hall–Kier alpha value is -1.33. The minimum atomic E-state index is 0.545. The standard InChI is InChI=1S/C10H12N2/c1-7-3-9(5-11)4-8(2)10(7)6-12/h3-4H,6,12H2,1-2H3. The van der Waals surface area contributed by atoms with Gasteiger partial charge in [0.25, 0.3) is 0 Å². The summed E-state index contributed by atoms with van der Waals surface area (Å²) in [4.78, 5) is 0. The largest absolute Gasteiger partial charge is 0.326 e. The fraction of sp³-hybridized carbons (Fsp3) is 0.300. The number of nitrogens with two attached hydrogens (primary N) is 1. The highest BCUT2D eigenvalue weighted by Gasteiger charge is 2.02. The van der Waals surface area contributed by atoms with E-state index in [0.29, 0.717) is 12.1 Å². The first-order chi connectivity index (χ1) is 5.69. The van der Waals surface area contributed by atoms with E-state index >= 15 is 0 Å². The number of benzene rings is 1. The number of rotatable bonds is 1. The van der Waals surface area contributed by atoms with Gasteiger partial charge in [-0.3, -0.25) is 0 Å². The molecule has 0 spiro atoms. The van der Waals surface area contributed by atoms with Crippen LogP contribution in [0.4, 0.5) is 0 Å². The molecule has 2 nitrogen and oxygen atoms in total. The Kier molecular flexibility index (Phi) is 2.47. The number of aryl methyl sites for hydroxylation is 2. The van der Waals surface area contributed by atoms with E-state index in [1.165, 1.54) is 0 Å². The summed E-state index contributed by atoms with van der Waals surface area (Å²) in [7, 11) is 0. The van der Waals surface area contributed by atoms with Crippen LogP contribution in [0.3, 0.4) is 0 Å². The van der Waals surface area contributed by atoms with E-state index in [-0.39, 0.29) is 0 Å². The van der Waals surface area contributed by atoms with Gasteiger partial charge in [0.05, 0.1) is 11.6 Å². The summed E-state index contributed by atoms with van der Waals surface area (Å²) >= 11 is 0. The quantitative estimate of drug-likeness (QED) is 0.678. The lowest BCUT2D eigenvalue weighted by Crippen LogP contribution is -2.02. The molecule has 0 aliphatic carbocycles. The molecule has 0 saturated heterocycles. The highest BCUT2D eigenvalue weighted by atomic mass is 14.5. The van der Waals surface area contributed by atoms with E-state index in [0.717, 1.165) is 16.7 Å². The fourth-order valence-corrected chi connectivity index (χ4v) is 1.38. The first-order valence-corrected chi connectivity index (χ1v) is 3.89. The van der Waals surface area contributed by atoms with E-state index in [9.17, 15) is 0 Å². The molecule has 1 aromatic rings. The molecule has 0 bridgehead atoms. The molecule has 0 atom stereocenters. The van der Waals surface area contributed by atoms with Crippen LogP contribution in [0.5, 0.6) is 0 Å². The van der Waals surface area contributed by atoms with E-state index in [4.69, 9.17) is 11.0 Å². The van der Waals surface area contributed by atoms with Gasteiger partial charge in [-0.1, -0.05) is 0 Å². The van der Waals surface area contributed by atoms with Crippen LogP contribution in [0, 0.1) is 25.2 Å². The van der Waals surface area contributed by atoms with E-state index in [1.807, 2.05) is 26.0 Å². The lowest BCUT2D eigenvalue weighted by Gasteiger charge is -2.06. The maximum absolute atomic E-state index is 8.67. The summed E-state index contributed by atoms with van der Waals surface area (Å²) in [5, 5.41) is 8.67. The van der Waals surface area contributed by atoms with Crippen molar-refractivity contribution in [3.05, 3.63) is 34.4 Å². The second-order valence-corrected chi connectivity index (χ2v) is 2.90. The van der Waals surface area contributed by atoms with Crippen molar-refractivity contribution in [3.63, 3.8) is 0 Å². The molecule has 2 N–H and O–H groups in total. The number of nitrogens with zero attached hydrogens (tertiary/aromatic N) is 1. The topological polar surface area (TPSA) is 49.8 Å². The van der Waals surface area contributed by atoms with Gasteiger partial charge < -0.3 is 5.73 Å². The van der Waals surface area contributed by atoms with Gasteiger partial charge >= 0.3 is 0 Å². The Labute approximate surface area is 72.6 Å². The van der Waals surface area contributed by atoms with Crippen molar-refractivity contribution in [2.75, 3.05) is 0 Å². The van der Waals surface area contributed by atoms with Crippen molar-refractivity contribution >= 4 is 0 Å². The van der Waals surface area contributed by atoms with Crippen LogP contribution >= 0.6 is 0 Å². The van der Waals surface area contributed by atoms with E-state index < -0.39 is 0 Å². The van der Waals surface area contributed by atoms with E-state index in [1.54, 1.807) is 0 Å². The molecule has 1 rings (SSSR count).